The minimum absolute atomic E-state index is 0.0200. The largest absolute Gasteiger partial charge is 0.364 e. The number of hydrogen-bond acceptors (Lipinski definition) is 4. The van der Waals surface area contributed by atoms with Gasteiger partial charge in [-0.3, -0.25) is 9.59 Å². The Kier molecular flexibility index (Phi) is 3.48. The Morgan fingerprint density at radius 1 is 1.35 bits per heavy atom. The van der Waals surface area contributed by atoms with E-state index in [0.29, 0.717) is 17.1 Å². The SMILES string of the molecule is CC(=O)Nc1ccc(-c2nc(C#N)c(C(N)=O)[nH]2)cc1. The van der Waals surface area contributed by atoms with Crippen molar-refractivity contribution in [2.24, 2.45) is 5.73 Å². The van der Waals surface area contributed by atoms with Crippen LogP contribution >= 0.6 is 0 Å². The molecule has 2 aromatic rings. The number of benzene rings is 1. The summed E-state index contributed by atoms with van der Waals surface area (Å²) in [5, 5.41) is 11.5. The molecule has 0 aliphatic heterocycles. The molecule has 0 aliphatic rings. The number of amides is 2. The van der Waals surface area contributed by atoms with Gasteiger partial charge in [-0.25, -0.2) is 4.98 Å². The molecule has 100 valence electrons. The standard InChI is InChI=1S/C13H11N5O2/c1-7(19)16-9-4-2-8(3-5-9)13-17-10(6-14)11(18-13)12(15)20/h2-5H,1H3,(H2,15,20)(H,16,19)(H,17,18). The van der Waals surface area contributed by atoms with Crippen LogP contribution in [0.4, 0.5) is 5.69 Å². The van der Waals surface area contributed by atoms with E-state index in [4.69, 9.17) is 11.0 Å². The van der Waals surface area contributed by atoms with Gasteiger partial charge in [0.1, 0.15) is 17.6 Å². The quantitative estimate of drug-likeness (QED) is 0.768. The molecule has 0 unspecified atom stereocenters. The Morgan fingerprint density at radius 3 is 2.45 bits per heavy atom. The van der Waals surface area contributed by atoms with Crippen molar-refractivity contribution in [1.29, 1.82) is 5.26 Å². The van der Waals surface area contributed by atoms with Gasteiger partial charge >= 0.3 is 0 Å². The smallest absolute Gasteiger partial charge is 0.268 e. The molecule has 0 bridgehead atoms. The molecule has 0 fully saturated rings. The van der Waals surface area contributed by atoms with Crippen LogP contribution in [0.15, 0.2) is 24.3 Å². The fourth-order valence-electron chi connectivity index (χ4n) is 1.68. The van der Waals surface area contributed by atoms with Crippen molar-refractivity contribution in [2.75, 3.05) is 5.32 Å². The van der Waals surface area contributed by atoms with E-state index in [1.165, 1.54) is 6.92 Å². The van der Waals surface area contributed by atoms with Crippen molar-refractivity contribution in [3.63, 3.8) is 0 Å². The van der Waals surface area contributed by atoms with Gasteiger partial charge < -0.3 is 16.0 Å². The van der Waals surface area contributed by atoms with Crippen molar-refractivity contribution < 1.29 is 9.59 Å². The summed E-state index contributed by atoms with van der Waals surface area (Å²) in [6.07, 6.45) is 0. The highest BCUT2D eigenvalue weighted by atomic mass is 16.1. The molecule has 0 saturated heterocycles. The van der Waals surface area contributed by atoms with Crippen LogP contribution in [0.2, 0.25) is 0 Å². The third kappa shape index (κ3) is 2.64. The average molecular weight is 269 g/mol. The minimum atomic E-state index is -0.741. The van der Waals surface area contributed by atoms with Crippen LogP contribution < -0.4 is 11.1 Å². The number of aromatic amines is 1. The van der Waals surface area contributed by atoms with E-state index < -0.39 is 5.91 Å². The van der Waals surface area contributed by atoms with Gasteiger partial charge in [0.05, 0.1) is 0 Å². The van der Waals surface area contributed by atoms with Crippen LogP contribution in [0, 0.1) is 11.3 Å². The number of imidazole rings is 1. The third-order valence-electron chi connectivity index (χ3n) is 2.53. The molecule has 7 nitrogen and oxygen atoms in total. The highest BCUT2D eigenvalue weighted by Gasteiger charge is 2.15. The number of hydrogen-bond donors (Lipinski definition) is 3. The number of anilines is 1. The van der Waals surface area contributed by atoms with E-state index in [1.807, 2.05) is 0 Å². The second-order valence-corrected chi connectivity index (χ2v) is 4.04. The minimum Gasteiger partial charge on any atom is -0.364 e. The van der Waals surface area contributed by atoms with Crippen molar-refractivity contribution >= 4 is 17.5 Å². The van der Waals surface area contributed by atoms with E-state index in [0.717, 1.165) is 0 Å². The Labute approximate surface area is 114 Å². The fourth-order valence-corrected chi connectivity index (χ4v) is 1.68. The molecule has 1 heterocycles. The molecular weight excluding hydrogens is 258 g/mol. The number of H-pyrrole nitrogens is 1. The van der Waals surface area contributed by atoms with E-state index in [1.54, 1.807) is 30.3 Å². The molecule has 2 amide bonds. The molecule has 1 aromatic heterocycles. The highest BCUT2D eigenvalue weighted by molar-refractivity contribution is 5.93. The van der Waals surface area contributed by atoms with E-state index in [2.05, 4.69) is 15.3 Å². The summed E-state index contributed by atoms with van der Waals surface area (Å²) in [6.45, 7) is 1.42. The zero-order valence-electron chi connectivity index (χ0n) is 10.6. The topological polar surface area (TPSA) is 125 Å². The zero-order chi connectivity index (χ0) is 14.7. The van der Waals surface area contributed by atoms with Crippen LogP contribution in [0.1, 0.15) is 23.1 Å². The summed E-state index contributed by atoms with van der Waals surface area (Å²) in [6, 6.07) is 8.59. The summed E-state index contributed by atoms with van der Waals surface area (Å²) < 4.78 is 0. The number of rotatable bonds is 3. The van der Waals surface area contributed by atoms with Crippen molar-refractivity contribution in [3.8, 4) is 17.5 Å². The van der Waals surface area contributed by atoms with E-state index >= 15 is 0 Å². The van der Waals surface area contributed by atoms with Gasteiger partial charge in [0.2, 0.25) is 5.91 Å². The van der Waals surface area contributed by atoms with Gasteiger partial charge in [-0.05, 0) is 24.3 Å². The number of nitrogens with two attached hydrogens (primary N) is 1. The number of carbonyl (C=O) groups is 2. The summed E-state index contributed by atoms with van der Waals surface area (Å²) in [5.41, 5.74) is 6.40. The van der Waals surface area contributed by atoms with E-state index in [-0.39, 0.29) is 17.3 Å². The first-order valence-electron chi connectivity index (χ1n) is 5.69. The summed E-state index contributed by atoms with van der Waals surface area (Å²) in [7, 11) is 0. The average Bonchev–Trinajstić information content (AvgIpc) is 2.83. The fraction of sp³-hybridized carbons (Fsp3) is 0.0769. The Hall–Kier alpha value is -3.14. The van der Waals surface area contributed by atoms with Crippen LogP contribution in [0.5, 0.6) is 0 Å². The molecule has 0 saturated carbocycles. The maximum Gasteiger partial charge on any atom is 0.268 e. The first-order chi connectivity index (χ1) is 9.51. The molecule has 0 radical (unpaired) electrons. The normalized spacial score (nSPS) is 9.80. The third-order valence-corrected chi connectivity index (χ3v) is 2.53. The molecule has 1 aromatic carbocycles. The number of primary amides is 1. The van der Waals surface area contributed by atoms with Crippen LogP contribution in [-0.4, -0.2) is 21.8 Å². The summed E-state index contributed by atoms with van der Waals surface area (Å²) in [4.78, 5) is 28.8. The van der Waals surface area contributed by atoms with Crippen LogP contribution in [0.3, 0.4) is 0 Å². The molecule has 7 heteroatoms. The lowest BCUT2D eigenvalue weighted by Crippen LogP contribution is -2.13. The second-order valence-electron chi connectivity index (χ2n) is 4.04. The number of aromatic nitrogens is 2. The zero-order valence-corrected chi connectivity index (χ0v) is 10.6. The molecular formula is C13H11N5O2. The predicted octanol–water partition coefficient (Wildman–Crippen LogP) is 1.01. The van der Waals surface area contributed by atoms with E-state index in [9.17, 15) is 9.59 Å². The molecule has 2 rings (SSSR count). The molecule has 0 aliphatic carbocycles. The molecule has 0 atom stereocenters. The number of nitrogens with one attached hydrogen (secondary N) is 2. The van der Waals surface area contributed by atoms with Crippen molar-refractivity contribution in [1.82, 2.24) is 9.97 Å². The second kappa shape index (κ2) is 5.24. The lowest BCUT2D eigenvalue weighted by molar-refractivity contribution is -0.114. The molecule has 20 heavy (non-hydrogen) atoms. The summed E-state index contributed by atoms with van der Waals surface area (Å²) in [5.74, 6) is -0.543. The van der Waals surface area contributed by atoms with Crippen LogP contribution in [0.25, 0.3) is 11.4 Å². The molecule has 4 N–H and O–H groups in total. The summed E-state index contributed by atoms with van der Waals surface area (Å²) >= 11 is 0. The van der Waals surface area contributed by atoms with Crippen LogP contribution in [-0.2, 0) is 4.79 Å². The Balaban J connectivity index is 2.35. The first-order valence-corrected chi connectivity index (χ1v) is 5.69. The Bertz CT molecular complexity index is 709. The number of nitriles is 1. The van der Waals surface area contributed by atoms with Gasteiger partial charge in [-0.1, -0.05) is 0 Å². The maximum absolute atomic E-state index is 11.2. The van der Waals surface area contributed by atoms with Gasteiger partial charge in [-0.2, -0.15) is 5.26 Å². The van der Waals surface area contributed by atoms with Crippen molar-refractivity contribution in [3.05, 3.63) is 35.7 Å². The molecule has 0 spiro atoms. The lowest BCUT2D eigenvalue weighted by Gasteiger charge is -2.02. The highest BCUT2D eigenvalue weighted by Crippen LogP contribution is 2.20. The monoisotopic (exact) mass is 269 g/mol. The van der Waals surface area contributed by atoms with Gasteiger partial charge in [0.25, 0.3) is 5.91 Å². The number of nitrogens with zero attached hydrogens (tertiary/aromatic N) is 2. The lowest BCUT2D eigenvalue weighted by atomic mass is 10.2. The number of carbonyl (C=O) groups excluding carboxylic acids is 2. The maximum atomic E-state index is 11.2. The van der Waals surface area contributed by atoms with Gasteiger partial charge in [-0.15, -0.1) is 0 Å². The Morgan fingerprint density at radius 2 is 2.00 bits per heavy atom. The van der Waals surface area contributed by atoms with Gasteiger partial charge in [0.15, 0.2) is 5.69 Å². The van der Waals surface area contributed by atoms with Gasteiger partial charge in [0, 0.05) is 18.2 Å². The first kappa shape index (κ1) is 13.3. The van der Waals surface area contributed by atoms with Crippen molar-refractivity contribution in [2.45, 2.75) is 6.92 Å². The predicted molar refractivity (Wildman–Crippen MR) is 71.6 cm³/mol.